The summed E-state index contributed by atoms with van der Waals surface area (Å²) in [5, 5.41) is 24.7. The molecule has 16 heavy (non-hydrogen) atoms. The predicted molar refractivity (Wildman–Crippen MR) is 60.5 cm³/mol. The van der Waals surface area contributed by atoms with Crippen molar-refractivity contribution in [1.82, 2.24) is 5.32 Å². The summed E-state index contributed by atoms with van der Waals surface area (Å²) >= 11 is 0. The third-order valence-corrected chi connectivity index (χ3v) is 2.85. The molecule has 1 aliphatic rings. The first kappa shape index (κ1) is 13.2. The molecule has 0 bridgehead atoms. The van der Waals surface area contributed by atoms with E-state index in [-0.39, 0.29) is 11.9 Å². The second kappa shape index (κ2) is 6.03. The molecule has 6 heteroatoms. The fraction of sp³-hybridized carbons (Fsp3) is 0.900. The maximum atomic E-state index is 10.2. The minimum absolute atomic E-state index is 0.0720. The maximum Gasteiger partial charge on any atom is 0.140 e. The summed E-state index contributed by atoms with van der Waals surface area (Å²) in [6.45, 7) is 3.65. The molecular formula is C10H21N3O3. The van der Waals surface area contributed by atoms with Crippen LogP contribution in [0.15, 0.2) is 5.16 Å². The molecule has 94 valence electrons. The first-order valence-corrected chi connectivity index (χ1v) is 5.56. The minimum atomic E-state index is -0.683. The summed E-state index contributed by atoms with van der Waals surface area (Å²) in [7, 11) is 0. The lowest BCUT2D eigenvalue weighted by atomic mass is 9.94. The Balaban J connectivity index is 2.27. The molecule has 0 amide bonds. The van der Waals surface area contributed by atoms with Gasteiger partial charge in [0, 0.05) is 45.1 Å². The molecule has 0 aliphatic carbocycles. The number of hydrogen-bond donors (Lipinski definition) is 4. The lowest BCUT2D eigenvalue weighted by Gasteiger charge is -2.33. The molecule has 1 fully saturated rings. The number of rotatable bonds is 5. The second-order valence-corrected chi connectivity index (χ2v) is 4.41. The van der Waals surface area contributed by atoms with E-state index >= 15 is 0 Å². The van der Waals surface area contributed by atoms with E-state index < -0.39 is 5.60 Å². The van der Waals surface area contributed by atoms with Crippen LogP contribution in [0.1, 0.15) is 26.2 Å². The van der Waals surface area contributed by atoms with Gasteiger partial charge < -0.3 is 26.1 Å². The summed E-state index contributed by atoms with van der Waals surface area (Å²) in [5.41, 5.74) is 4.71. The molecule has 5 N–H and O–H groups in total. The first-order valence-electron chi connectivity index (χ1n) is 5.56. The molecule has 1 atom stereocenters. The Labute approximate surface area is 95.5 Å². The van der Waals surface area contributed by atoms with E-state index in [0.29, 0.717) is 39.0 Å². The number of oxime groups is 1. The van der Waals surface area contributed by atoms with E-state index in [1.54, 1.807) is 0 Å². The number of nitrogens with zero attached hydrogens (tertiary/aromatic N) is 1. The van der Waals surface area contributed by atoms with Crippen molar-refractivity contribution in [3.63, 3.8) is 0 Å². The molecule has 1 heterocycles. The molecule has 1 rings (SSSR count). The third kappa shape index (κ3) is 4.34. The van der Waals surface area contributed by atoms with E-state index in [0.717, 1.165) is 0 Å². The van der Waals surface area contributed by atoms with Crippen LogP contribution in [-0.4, -0.2) is 47.6 Å². The van der Waals surface area contributed by atoms with E-state index in [4.69, 9.17) is 15.7 Å². The van der Waals surface area contributed by atoms with Crippen molar-refractivity contribution in [3.05, 3.63) is 0 Å². The van der Waals surface area contributed by atoms with Crippen LogP contribution in [-0.2, 0) is 4.74 Å². The van der Waals surface area contributed by atoms with Gasteiger partial charge in [0.2, 0.25) is 0 Å². The molecule has 0 radical (unpaired) electrons. The molecule has 6 nitrogen and oxygen atoms in total. The zero-order valence-corrected chi connectivity index (χ0v) is 9.65. The fourth-order valence-electron chi connectivity index (χ4n) is 1.72. The molecular weight excluding hydrogens is 210 g/mol. The highest BCUT2D eigenvalue weighted by molar-refractivity contribution is 5.80. The van der Waals surface area contributed by atoms with Gasteiger partial charge in [-0.1, -0.05) is 5.16 Å². The zero-order valence-electron chi connectivity index (χ0n) is 9.65. The summed E-state index contributed by atoms with van der Waals surface area (Å²) in [6, 6.07) is 0.0720. The van der Waals surface area contributed by atoms with Crippen molar-refractivity contribution in [2.45, 2.75) is 37.8 Å². The van der Waals surface area contributed by atoms with E-state index in [2.05, 4.69) is 10.5 Å². The highest BCUT2D eigenvalue weighted by Crippen LogP contribution is 2.19. The molecule has 0 spiro atoms. The fourth-order valence-corrected chi connectivity index (χ4v) is 1.72. The van der Waals surface area contributed by atoms with Crippen LogP contribution >= 0.6 is 0 Å². The Kier molecular flexibility index (Phi) is 4.98. The predicted octanol–water partition coefficient (Wildman–Crippen LogP) is -0.357. The van der Waals surface area contributed by atoms with Crippen molar-refractivity contribution in [1.29, 1.82) is 0 Å². The normalized spacial score (nSPS) is 23.0. The number of aliphatic hydroxyl groups is 1. The summed E-state index contributed by atoms with van der Waals surface area (Å²) in [5.74, 6) is 0.193. The van der Waals surface area contributed by atoms with Crippen LogP contribution in [0.4, 0.5) is 0 Å². The quantitative estimate of drug-likeness (QED) is 0.224. The van der Waals surface area contributed by atoms with Crippen LogP contribution < -0.4 is 11.1 Å². The van der Waals surface area contributed by atoms with Gasteiger partial charge in [0.25, 0.3) is 0 Å². The highest BCUT2D eigenvalue weighted by Gasteiger charge is 2.29. The molecule has 0 aromatic rings. The first-order chi connectivity index (χ1) is 7.56. The molecule has 0 saturated carbocycles. The Hall–Kier alpha value is -0.850. The minimum Gasteiger partial charge on any atom is -0.409 e. The van der Waals surface area contributed by atoms with Crippen LogP contribution in [0.2, 0.25) is 0 Å². The van der Waals surface area contributed by atoms with Crippen LogP contribution in [0.5, 0.6) is 0 Å². The zero-order chi connectivity index (χ0) is 12.0. The highest BCUT2D eigenvalue weighted by atomic mass is 16.5. The van der Waals surface area contributed by atoms with Gasteiger partial charge in [-0.25, -0.2) is 0 Å². The summed E-state index contributed by atoms with van der Waals surface area (Å²) in [6.07, 6.45) is 1.76. The molecule has 1 saturated heterocycles. The van der Waals surface area contributed by atoms with E-state index in [9.17, 15) is 5.11 Å². The lowest BCUT2D eigenvalue weighted by Crippen LogP contribution is -2.47. The molecule has 0 aromatic carbocycles. The number of amidine groups is 1. The van der Waals surface area contributed by atoms with Gasteiger partial charge in [-0.05, 0) is 6.92 Å². The molecule has 0 aromatic heterocycles. The Morgan fingerprint density at radius 1 is 1.56 bits per heavy atom. The molecule has 1 aliphatic heterocycles. The third-order valence-electron chi connectivity index (χ3n) is 2.85. The number of ether oxygens (including phenoxy) is 1. The second-order valence-electron chi connectivity index (χ2n) is 4.41. The van der Waals surface area contributed by atoms with Crippen LogP contribution in [0.25, 0.3) is 0 Å². The average molecular weight is 231 g/mol. The average Bonchev–Trinajstić information content (AvgIpc) is 2.27. The Morgan fingerprint density at radius 3 is 2.75 bits per heavy atom. The summed E-state index contributed by atoms with van der Waals surface area (Å²) in [4.78, 5) is 0. The van der Waals surface area contributed by atoms with Gasteiger partial charge in [-0.15, -0.1) is 0 Å². The van der Waals surface area contributed by atoms with Crippen molar-refractivity contribution in [2.75, 3.05) is 19.8 Å². The Bertz CT molecular complexity index is 239. The van der Waals surface area contributed by atoms with Crippen molar-refractivity contribution >= 4 is 5.84 Å². The van der Waals surface area contributed by atoms with Gasteiger partial charge >= 0.3 is 0 Å². The number of nitrogens with two attached hydrogens (primary N) is 1. The van der Waals surface area contributed by atoms with E-state index in [1.807, 2.05) is 6.92 Å². The van der Waals surface area contributed by atoms with Gasteiger partial charge in [-0.2, -0.15) is 0 Å². The van der Waals surface area contributed by atoms with Crippen LogP contribution in [0.3, 0.4) is 0 Å². The monoisotopic (exact) mass is 231 g/mol. The number of nitrogens with one attached hydrogen (secondary N) is 1. The van der Waals surface area contributed by atoms with Gasteiger partial charge in [-0.3, -0.25) is 0 Å². The van der Waals surface area contributed by atoms with Crippen molar-refractivity contribution in [3.8, 4) is 0 Å². The van der Waals surface area contributed by atoms with Gasteiger partial charge in [0.1, 0.15) is 5.84 Å². The smallest absolute Gasteiger partial charge is 0.140 e. The molecule has 1 unspecified atom stereocenters. The topological polar surface area (TPSA) is 100 Å². The summed E-state index contributed by atoms with van der Waals surface area (Å²) < 4.78 is 5.19. The standard InChI is InChI=1S/C10H21N3O3/c1-8(6-9(11)13-15)12-7-10(14)2-4-16-5-3-10/h8,12,14-15H,2-7H2,1H3,(H2,11,13). The number of hydrogen-bond acceptors (Lipinski definition) is 5. The van der Waals surface area contributed by atoms with Gasteiger partial charge in [0.05, 0.1) is 5.60 Å². The van der Waals surface area contributed by atoms with Gasteiger partial charge in [0.15, 0.2) is 0 Å². The lowest BCUT2D eigenvalue weighted by molar-refractivity contribution is -0.0624. The van der Waals surface area contributed by atoms with Crippen molar-refractivity contribution < 1.29 is 15.1 Å². The van der Waals surface area contributed by atoms with E-state index in [1.165, 1.54) is 0 Å². The largest absolute Gasteiger partial charge is 0.409 e. The Morgan fingerprint density at radius 2 is 2.19 bits per heavy atom. The van der Waals surface area contributed by atoms with Crippen LogP contribution in [0, 0.1) is 0 Å². The SMILES string of the molecule is CC(CC(N)=NO)NCC1(O)CCOCC1. The maximum absolute atomic E-state index is 10.2. The van der Waals surface area contributed by atoms with Crippen molar-refractivity contribution in [2.24, 2.45) is 10.9 Å².